The second-order valence-electron chi connectivity index (χ2n) is 3.23. The van der Waals surface area contributed by atoms with E-state index in [0.717, 1.165) is 11.1 Å². The summed E-state index contributed by atoms with van der Waals surface area (Å²) in [5.41, 5.74) is 2.40. The Morgan fingerprint density at radius 2 is 1.93 bits per heavy atom. The molecule has 0 aliphatic carbocycles. The monoisotopic (exact) mass is 282 g/mol. The van der Waals surface area contributed by atoms with E-state index in [-0.39, 0.29) is 5.82 Å². The molecule has 0 atom stereocenters. The van der Waals surface area contributed by atoms with Crippen LogP contribution in [0.4, 0.5) is 0 Å². The van der Waals surface area contributed by atoms with Gasteiger partial charge in [0.25, 0.3) is 0 Å². The standard InChI is InChI=1S/C9H6Cl4N2/c1-4-2-5(10)7-6(3-4)14-8(15-7)9(11,12)13/h2-3H,1H3,(H,14,15). The number of imidazole rings is 1. The third-order valence-corrected chi connectivity index (χ3v) is 2.78. The number of aromatic nitrogens is 2. The smallest absolute Gasteiger partial charge is 0.248 e. The van der Waals surface area contributed by atoms with Crippen molar-refractivity contribution in [2.24, 2.45) is 0 Å². The number of aryl methyl sites for hydroxylation is 1. The molecular formula is C9H6Cl4N2. The molecule has 1 aromatic heterocycles. The van der Waals surface area contributed by atoms with E-state index in [0.29, 0.717) is 10.5 Å². The van der Waals surface area contributed by atoms with Crippen LogP contribution in [0.25, 0.3) is 11.0 Å². The first-order chi connectivity index (χ1) is 6.88. The minimum atomic E-state index is -1.56. The minimum absolute atomic E-state index is 0.273. The highest BCUT2D eigenvalue weighted by molar-refractivity contribution is 6.66. The molecule has 0 radical (unpaired) electrons. The molecule has 0 spiro atoms. The molecule has 2 rings (SSSR count). The average Bonchev–Trinajstić information content (AvgIpc) is 2.46. The number of benzene rings is 1. The van der Waals surface area contributed by atoms with Crippen molar-refractivity contribution in [3.63, 3.8) is 0 Å². The van der Waals surface area contributed by atoms with Crippen LogP contribution in [0.5, 0.6) is 0 Å². The molecule has 6 heteroatoms. The molecule has 0 fully saturated rings. The summed E-state index contributed by atoms with van der Waals surface area (Å²) in [6, 6.07) is 3.71. The van der Waals surface area contributed by atoms with Gasteiger partial charge in [-0.3, -0.25) is 0 Å². The lowest BCUT2D eigenvalue weighted by atomic mass is 10.2. The maximum atomic E-state index is 6.01. The van der Waals surface area contributed by atoms with E-state index in [1.807, 2.05) is 19.1 Å². The molecule has 2 nitrogen and oxygen atoms in total. The van der Waals surface area contributed by atoms with Gasteiger partial charge in [0.15, 0.2) is 5.82 Å². The van der Waals surface area contributed by atoms with Gasteiger partial charge in [-0.2, -0.15) is 0 Å². The molecule has 1 heterocycles. The second-order valence-corrected chi connectivity index (χ2v) is 5.91. The number of halogens is 4. The summed E-state index contributed by atoms with van der Waals surface area (Å²) in [6.07, 6.45) is 0. The van der Waals surface area contributed by atoms with Gasteiger partial charge in [0.2, 0.25) is 3.79 Å². The molecule has 0 saturated carbocycles. The summed E-state index contributed by atoms with van der Waals surface area (Å²) in [5, 5.41) is 0.543. The molecular weight excluding hydrogens is 278 g/mol. The van der Waals surface area contributed by atoms with E-state index in [9.17, 15) is 0 Å². The first-order valence-electron chi connectivity index (χ1n) is 4.11. The van der Waals surface area contributed by atoms with Crippen LogP contribution >= 0.6 is 46.4 Å². The molecule has 1 N–H and O–H groups in total. The van der Waals surface area contributed by atoms with Gasteiger partial charge in [0.05, 0.1) is 10.5 Å². The predicted octanol–water partition coefficient (Wildman–Crippen LogP) is 4.35. The lowest BCUT2D eigenvalue weighted by Gasteiger charge is -2.04. The predicted molar refractivity (Wildman–Crippen MR) is 65.1 cm³/mol. The summed E-state index contributed by atoms with van der Waals surface area (Å²) < 4.78 is -1.56. The zero-order valence-electron chi connectivity index (χ0n) is 7.61. The average molecular weight is 284 g/mol. The number of nitrogens with one attached hydrogen (secondary N) is 1. The Labute approximate surface area is 106 Å². The van der Waals surface area contributed by atoms with Crippen LogP contribution in [0.15, 0.2) is 12.1 Å². The van der Waals surface area contributed by atoms with Crippen molar-refractivity contribution in [1.29, 1.82) is 0 Å². The Morgan fingerprint density at radius 3 is 2.53 bits per heavy atom. The van der Waals surface area contributed by atoms with Crippen LogP contribution in [0.3, 0.4) is 0 Å². The second kappa shape index (κ2) is 3.70. The molecule has 80 valence electrons. The Morgan fingerprint density at radius 1 is 1.27 bits per heavy atom. The molecule has 0 unspecified atom stereocenters. The molecule has 0 aliphatic rings. The fourth-order valence-corrected chi connectivity index (χ4v) is 1.93. The van der Waals surface area contributed by atoms with Crippen molar-refractivity contribution in [2.75, 3.05) is 0 Å². The summed E-state index contributed by atoms with van der Waals surface area (Å²) in [6.45, 7) is 1.93. The van der Waals surface area contributed by atoms with Gasteiger partial charge < -0.3 is 4.98 Å². The van der Waals surface area contributed by atoms with Crippen LogP contribution < -0.4 is 0 Å². The van der Waals surface area contributed by atoms with Gasteiger partial charge in [-0.25, -0.2) is 4.98 Å². The SMILES string of the molecule is Cc1cc(Cl)c2nc(C(Cl)(Cl)Cl)[nH]c2c1. The summed E-state index contributed by atoms with van der Waals surface area (Å²) >= 11 is 23.2. The van der Waals surface area contributed by atoms with Crippen LogP contribution in [0.2, 0.25) is 5.02 Å². The van der Waals surface area contributed by atoms with Crippen molar-refractivity contribution in [3.05, 3.63) is 28.5 Å². The summed E-state index contributed by atoms with van der Waals surface area (Å²) in [5.74, 6) is 0.273. The van der Waals surface area contributed by atoms with E-state index in [1.165, 1.54) is 0 Å². The quantitative estimate of drug-likeness (QED) is 0.716. The van der Waals surface area contributed by atoms with Gasteiger partial charge in [-0.05, 0) is 24.6 Å². The zero-order valence-corrected chi connectivity index (χ0v) is 10.6. The molecule has 0 saturated heterocycles. The first kappa shape index (κ1) is 11.3. The van der Waals surface area contributed by atoms with E-state index < -0.39 is 3.79 Å². The lowest BCUT2D eigenvalue weighted by Crippen LogP contribution is -2.02. The van der Waals surface area contributed by atoms with Crippen molar-refractivity contribution >= 4 is 57.4 Å². The highest BCUT2D eigenvalue weighted by Gasteiger charge is 2.27. The molecule has 0 bridgehead atoms. The molecule has 1 aromatic carbocycles. The van der Waals surface area contributed by atoms with E-state index >= 15 is 0 Å². The van der Waals surface area contributed by atoms with Gasteiger partial charge in [0.1, 0.15) is 5.52 Å². The first-order valence-corrected chi connectivity index (χ1v) is 5.62. The number of nitrogens with zero attached hydrogens (tertiary/aromatic N) is 1. The maximum absolute atomic E-state index is 6.01. The highest BCUT2D eigenvalue weighted by Crippen LogP contribution is 2.38. The highest BCUT2D eigenvalue weighted by atomic mass is 35.6. The third kappa shape index (κ3) is 2.18. The Hall–Kier alpha value is -0.150. The topological polar surface area (TPSA) is 28.7 Å². The summed E-state index contributed by atoms with van der Waals surface area (Å²) in [4.78, 5) is 7.07. The van der Waals surface area contributed by atoms with E-state index in [2.05, 4.69) is 9.97 Å². The minimum Gasteiger partial charge on any atom is -0.338 e. The van der Waals surface area contributed by atoms with Gasteiger partial charge in [-0.1, -0.05) is 46.4 Å². The Kier molecular flexibility index (Phi) is 2.80. The fraction of sp³-hybridized carbons (Fsp3) is 0.222. The number of rotatable bonds is 0. The van der Waals surface area contributed by atoms with Gasteiger partial charge in [0, 0.05) is 0 Å². The lowest BCUT2D eigenvalue weighted by molar-refractivity contribution is 1.05. The van der Waals surface area contributed by atoms with Crippen LogP contribution in [0.1, 0.15) is 11.4 Å². The fourth-order valence-electron chi connectivity index (χ4n) is 1.35. The van der Waals surface area contributed by atoms with Crippen molar-refractivity contribution in [1.82, 2.24) is 9.97 Å². The Bertz CT molecular complexity index is 513. The van der Waals surface area contributed by atoms with Crippen LogP contribution in [-0.2, 0) is 3.79 Å². The molecule has 0 aliphatic heterocycles. The molecule has 15 heavy (non-hydrogen) atoms. The largest absolute Gasteiger partial charge is 0.338 e. The third-order valence-electron chi connectivity index (χ3n) is 1.95. The van der Waals surface area contributed by atoms with Crippen molar-refractivity contribution < 1.29 is 0 Å². The van der Waals surface area contributed by atoms with E-state index in [4.69, 9.17) is 46.4 Å². The number of hydrogen-bond acceptors (Lipinski definition) is 1. The Balaban J connectivity index is 2.71. The summed E-state index contributed by atoms with van der Waals surface area (Å²) in [7, 11) is 0. The zero-order chi connectivity index (χ0) is 11.2. The number of H-pyrrole nitrogens is 1. The van der Waals surface area contributed by atoms with Crippen molar-refractivity contribution in [2.45, 2.75) is 10.7 Å². The van der Waals surface area contributed by atoms with Gasteiger partial charge in [-0.15, -0.1) is 0 Å². The van der Waals surface area contributed by atoms with Crippen LogP contribution in [0, 0.1) is 6.92 Å². The van der Waals surface area contributed by atoms with E-state index in [1.54, 1.807) is 0 Å². The number of hydrogen-bond donors (Lipinski definition) is 1. The molecule has 2 aromatic rings. The van der Waals surface area contributed by atoms with Crippen LogP contribution in [-0.4, -0.2) is 9.97 Å². The van der Waals surface area contributed by atoms with Crippen molar-refractivity contribution in [3.8, 4) is 0 Å². The normalized spacial score (nSPS) is 12.3. The van der Waals surface area contributed by atoms with Gasteiger partial charge >= 0.3 is 0 Å². The number of aromatic amines is 1. The maximum Gasteiger partial charge on any atom is 0.248 e. The number of alkyl halides is 3. The number of fused-ring (bicyclic) bond motifs is 1. The molecule has 0 amide bonds.